The van der Waals surface area contributed by atoms with Crippen molar-refractivity contribution in [1.82, 2.24) is 51.7 Å². The van der Waals surface area contributed by atoms with E-state index >= 15 is 0 Å². The average Bonchev–Trinajstić information content (AvgIpc) is 3.79. The number of rotatable bonds is 20. The highest BCUT2D eigenvalue weighted by Gasteiger charge is 2.45. The van der Waals surface area contributed by atoms with Gasteiger partial charge in [0.25, 0.3) is 11.8 Å². The van der Waals surface area contributed by atoms with E-state index < -0.39 is 102 Å². The quantitative estimate of drug-likeness (QED) is 0.0808. The van der Waals surface area contributed by atoms with Crippen LogP contribution < -0.4 is 42.0 Å². The van der Waals surface area contributed by atoms with Crippen molar-refractivity contribution in [2.24, 2.45) is 17.3 Å². The zero-order valence-corrected chi connectivity index (χ0v) is 41.5. The van der Waals surface area contributed by atoms with Crippen molar-refractivity contribution in [1.29, 1.82) is 0 Å². The molecule has 1 saturated carbocycles. The van der Waals surface area contributed by atoms with E-state index in [1.54, 1.807) is 82.3 Å². The summed E-state index contributed by atoms with van der Waals surface area (Å²) in [5.74, 6) is -5.39. The standard InChI is InChI=1S/C50H69N11O10/c1-8-15-35(41(63)46(67)53-27-38(62)57-40(48(69)60(5)6)31-20-22-33(71-7)23-21-31)55-43(64)34-28-61(49(70)54-32-18-13-10-14-19-32)29-37(34)56-47(68)42(50(2,3)4)59-45(66)39(30-16-11-9-12-17-30)58-44(65)36-26-51-24-25-52-36/h10,13-14,18-26,30,34-35,37,39-42,63H,8-9,11-12,15-17,27-29H2,1-7H3,(H,53,67)(H,54,70)(H,55,64)(H,56,68)(H,57,62)(H,58,65)(H,59,66)/t34-,35+,37+,39+,40+,41?,42-/m1/s1. The molecule has 1 aliphatic heterocycles. The highest BCUT2D eigenvalue weighted by atomic mass is 16.5. The number of para-hydroxylation sites is 1. The minimum absolute atomic E-state index is 0.0311. The van der Waals surface area contributed by atoms with Crippen molar-refractivity contribution in [3.8, 4) is 5.75 Å². The van der Waals surface area contributed by atoms with Gasteiger partial charge in [-0.2, -0.15) is 0 Å². The predicted molar refractivity (Wildman–Crippen MR) is 262 cm³/mol. The topological polar surface area (TPSA) is 282 Å². The van der Waals surface area contributed by atoms with Crippen molar-refractivity contribution in [3.63, 3.8) is 0 Å². The lowest BCUT2D eigenvalue weighted by Gasteiger charge is -2.35. The van der Waals surface area contributed by atoms with E-state index in [0.717, 1.165) is 19.3 Å². The van der Waals surface area contributed by atoms with Gasteiger partial charge < -0.3 is 56.9 Å². The van der Waals surface area contributed by atoms with Crippen molar-refractivity contribution in [3.05, 3.63) is 84.4 Å². The molecule has 0 radical (unpaired) electrons. The summed E-state index contributed by atoms with van der Waals surface area (Å²) in [4.78, 5) is 121. The summed E-state index contributed by atoms with van der Waals surface area (Å²) in [6.07, 6.45) is 6.88. The molecule has 2 aromatic carbocycles. The molecule has 21 heteroatoms. The number of ether oxygens (including phenoxy) is 1. The number of hydrogen-bond donors (Lipinski definition) is 8. The summed E-state index contributed by atoms with van der Waals surface area (Å²) >= 11 is 0. The molecule has 1 aliphatic carbocycles. The number of likely N-dealkylation sites (N-methyl/N-ethyl adjacent to an activating group) is 1. The molecule has 5 rings (SSSR count). The number of amides is 9. The van der Waals surface area contributed by atoms with Gasteiger partial charge in [-0.1, -0.05) is 83.7 Å². The third kappa shape index (κ3) is 15.4. The molecule has 0 spiro atoms. The van der Waals surface area contributed by atoms with Gasteiger partial charge in [0.1, 0.15) is 29.6 Å². The Kier molecular flexibility index (Phi) is 19.8. The van der Waals surface area contributed by atoms with Crippen LogP contribution in [0.1, 0.15) is 94.7 Å². The van der Waals surface area contributed by atoms with Crippen LogP contribution in [-0.4, -0.2) is 143 Å². The third-order valence-electron chi connectivity index (χ3n) is 12.6. The van der Waals surface area contributed by atoms with Gasteiger partial charge in [0.15, 0.2) is 6.10 Å². The SMILES string of the molecule is CCC[C@H](NC(=O)[C@@H]1CN(C(=O)Nc2ccccc2)C[C@@H]1NC(=O)[C@@H](NC(=O)[C@@H](NC(=O)c1cnccn1)C1CCCCC1)C(C)(C)C)C(O)C(=O)NCC(=O)N[C@H](C(=O)N(C)C)c1ccc(OC)cc1. The van der Waals surface area contributed by atoms with Crippen LogP contribution in [0.25, 0.3) is 0 Å². The fraction of sp³-hybridized carbons (Fsp3) is 0.520. The lowest BCUT2D eigenvalue weighted by atomic mass is 9.82. The van der Waals surface area contributed by atoms with Gasteiger partial charge in [-0.25, -0.2) is 9.78 Å². The highest BCUT2D eigenvalue weighted by molar-refractivity contribution is 5.98. The van der Waals surface area contributed by atoms with Gasteiger partial charge in [0.05, 0.1) is 37.9 Å². The highest BCUT2D eigenvalue weighted by Crippen LogP contribution is 2.29. The Morgan fingerprint density at radius 2 is 1.54 bits per heavy atom. The van der Waals surface area contributed by atoms with Crippen LogP contribution in [-0.2, 0) is 28.8 Å². The first-order chi connectivity index (χ1) is 33.8. The molecule has 71 heavy (non-hydrogen) atoms. The van der Waals surface area contributed by atoms with Crippen molar-refractivity contribution in [2.75, 3.05) is 46.2 Å². The minimum Gasteiger partial charge on any atom is -0.497 e. The number of methoxy groups -OCH3 is 1. The second kappa shape index (κ2) is 25.6. The number of carbonyl (C=O) groups is 8. The van der Waals surface area contributed by atoms with Crippen molar-refractivity contribution >= 4 is 53.1 Å². The molecule has 1 saturated heterocycles. The number of hydrogen-bond acceptors (Lipinski definition) is 12. The average molecular weight is 984 g/mol. The lowest BCUT2D eigenvalue weighted by Crippen LogP contribution is -2.61. The number of urea groups is 1. The number of nitrogens with one attached hydrogen (secondary N) is 7. The fourth-order valence-corrected chi connectivity index (χ4v) is 8.69. The second-order valence-electron chi connectivity index (χ2n) is 19.2. The maximum absolute atomic E-state index is 14.5. The van der Waals surface area contributed by atoms with Crippen LogP contribution in [0, 0.1) is 17.3 Å². The van der Waals surface area contributed by atoms with Gasteiger partial charge in [0, 0.05) is 45.3 Å². The molecule has 21 nitrogen and oxygen atoms in total. The normalized spacial score (nSPS) is 18.0. The second-order valence-corrected chi connectivity index (χ2v) is 19.2. The Bertz CT molecular complexity index is 2310. The fourth-order valence-electron chi connectivity index (χ4n) is 8.69. The van der Waals surface area contributed by atoms with E-state index in [-0.39, 0.29) is 31.1 Å². The number of anilines is 1. The Labute approximate surface area is 414 Å². The number of benzene rings is 2. The Hall–Kier alpha value is -7.16. The van der Waals surface area contributed by atoms with E-state index in [1.165, 1.54) is 49.6 Å². The molecule has 1 aromatic heterocycles. The van der Waals surface area contributed by atoms with Crippen LogP contribution in [0.2, 0.25) is 0 Å². The number of aliphatic hydroxyl groups is 1. The van der Waals surface area contributed by atoms with Crippen molar-refractivity contribution in [2.45, 2.75) is 109 Å². The summed E-state index contributed by atoms with van der Waals surface area (Å²) in [7, 11) is 4.57. The van der Waals surface area contributed by atoms with E-state index in [2.05, 4.69) is 47.2 Å². The molecule has 0 bridgehead atoms. The van der Waals surface area contributed by atoms with Crippen LogP contribution in [0.4, 0.5) is 10.5 Å². The smallest absolute Gasteiger partial charge is 0.321 e. The molecule has 8 N–H and O–H groups in total. The van der Waals surface area contributed by atoms with E-state index in [4.69, 9.17) is 4.74 Å². The lowest BCUT2D eigenvalue weighted by molar-refractivity contribution is -0.136. The molecule has 1 unspecified atom stereocenters. The zero-order chi connectivity index (χ0) is 51.8. The van der Waals surface area contributed by atoms with Gasteiger partial charge in [-0.15, -0.1) is 0 Å². The Morgan fingerprint density at radius 1 is 0.845 bits per heavy atom. The van der Waals surface area contributed by atoms with Gasteiger partial charge in [-0.05, 0) is 60.4 Å². The first kappa shape index (κ1) is 54.8. The molecule has 2 heterocycles. The number of aliphatic hydroxyl groups excluding tert-OH is 1. The van der Waals surface area contributed by atoms with Crippen LogP contribution in [0.15, 0.2) is 73.2 Å². The summed E-state index contributed by atoms with van der Waals surface area (Å²) in [5, 5.41) is 30.6. The van der Waals surface area contributed by atoms with Crippen LogP contribution in [0.3, 0.4) is 0 Å². The molecular formula is C50H69N11O10. The van der Waals surface area contributed by atoms with Crippen LogP contribution >= 0.6 is 0 Å². The number of aromatic nitrogens is 2. The van der Waals surface area contributed by atoms with Crippen molar-refractivity contribution < 1.29 is 48.2 Å². The van der Waals surface area contributed by atoms with E-state index in [9.17, 15) is 43.5 Å². The molecule has 9 amide bonds. The van der Waals surface area contributed by atoms with E-state index in [1.807, 2.05) is 0 Å². The first-order valence-electron chi connectivity index (χ1n) is 24.0. The maximum Gasteiger partial charge on any atom is 0.321 e. The first-order valence-corrected chi connectivity index (χ1v) is 24.0. The monoisotopic (exact) mass is 984 g/mol. The summed E-state index contributed by atoms with van der Waals surface area (Å²) < 4.78 is 5.20. The molecular weight excluding hydrogens is 915 g/mol. The number of likely N-dealkylation sites (tertiary alicyclic amines) is 1. The number of carbonyl (C=O) groups excluding carboxylic acids is 8. The predicted octanol–water partition coefficient (Wildman–Crippen LogP) is 2.05. The van der Waals surface area contributed by atoms with E-state index in [0.29, 0.717) is 36.3 Å². The summed E-state index contributed by atoms with van der Waals surface area (Å²) in [5.41, 5.74) is 0.0939. The summed E-state index contributed by atoms with van der Waals surface area (Å²) in [6.45, 7) is 6.15. The maximum atomic E-state index is 14.5. The number of nitrogens with zero attached hydrogens (tertiary/aromatic N) is 4. The third-order valence-corrected chi connectivity index (χ3v) is 12.6. The van der Waals surface area contributed by atoms with Gasteiger partial charge in [-0.3, -0.25) is 38.5 Å². The molecule has 3 aromatic rings. The Morgan fingerprint density at radius 3 is 2.14 bits per heavy atom. The molecule has 384 valence electrons. The molecule has 2 fully saturated rings. The molecule has 7 atom stereocenters. The molecule has 2 aliphatic rings. The van der Waals surface area contributed by atoms with Gasteiger partial charge in [0.2, 0.25) is 29.5 Å². The largest absolute Gasteiger partial charge is 0.497 e. The minimum atomic E-state index is -1.84. The zero-order valence-electron chi connectivity index (χ0n) is 41.5. The van der Waals surface area contributed by atoms with Gasteiger partial charge >= 0.3 is 6.03 Å². The summed E-state index contributed by atoms with van der Waals surface area (Å²) in [6, 6.07) is 9.17. The Balaban J connectivity index is 1.31. The van der Waals surface area contributed by atoms with Crippen LogP contribution in [0.5, 0.6) is 5.75 Å².